The molecule has 0 aliphatic rings. The zero-order valence-corrected chi connectivity index (χ0v) is 13.2. The Morgan fingerprint density at radius 1 is 0.840 bits per heavy atom. The molecule has 6 nitrogen and oxygen atoms in total. The highest BCUT2D eigenvalue weighted by molar-refractivity contribution is 6.26. The largest absolute Gasteiger partial charge is 0.497 e. The molecule has 0 fully saturated rings. The number of methoxy groups -OCH3 is 1. The van der Waals surface area contributed by atoms with E-state index in [1.165, 1.54) is 0 Å². The number of pyridine rings is 1. The van der Waals surface area contributed by atoms with E-state index in [1.807, 2.05) is 24.3 Å². The number of ether oxygens (including phenoxy) is 1. The first-order valence-electron chi connectivity index (χ1n) is 7.69. The van der Waals surface area contributed by atoms with Crippen molar-refractivity contribution in [2.75, 3.05) is 13.0 Å². The topological polar surface area (TPSA) is 87.5 Å². The van der Waals surface area contributed by atoms with Crippen LogP contribution in [0.2, 0.25) is 0 Å². The fourth-order valence-electron chi connectivity index (χ4n) is 3.54. The summed E-state index contributed by atoms with van der Waals surface area (Å²) in [6.07, 6.45) is 0. The van der Waals surface area contributed by atoms with Crippen molar-refractivity contribution in [1.29, 1.82) is 0 Å². The Bertz CT molecular complexity index is 1400. The van der Waals surface area contributed by atoms with Gasteiger partial charge in [0.2, 0.25) is 0 Å². The number of nitrogens with zero attached hydrogens (tertiary/aromatic N) is 1. The Balaban J connectivity index is 2.16. The van der Waals surface area contributed by atoms with Crippen molar-refractivity contribution >= 4 is 43.5 Å². The van der Waals surface area contributed by atoms with Gasteiger partial charge in [-0.25, -0.2) is 0 Å². The molecule has 0 radical (unpaired) electrons. The van der Waals surface area contributed by atoms with Crippen LogP contribution in [0.4, 0.5) is 0 Å². The van der Waals surface area contributed by atoms with Gasteiger partial charge in [-0.2, -0.15) is 4.68 Å². The lowest BCUT2D eigenvalue weighted by molar-refractivity contribution is 0.415. The molecule has 122 valence electrons. The molecule has 5 rings (SSSR count). The van der Waals surface area contributed by atoms with Gasteiger partial charge in [-0.3, -0.25) is 9.59 Å². The molecule has 0 saturated heterocycles. The highest BCUT2D eigenvalue weighted by atomic mass is 16.5. The van der Waals surface area contributed by atoms with E-state index in [0.29, 0.717) is 37.8 Å². The zero-order valence-electron chi connectivity index (χ0n) is 13.2. The second-order valence-corrected chi connectivity index (χ2v) is 5.97. The van der Waals surface area contributed by atoms with Crippen LogP contribution in [0.25, 0.3) is 43.5 Å². The number of hydrogen-bond donors (Lipinski definition) is 1. The van der Waals surface area contributed by atoms with E-state index in [4.69, 9.17) is 15.0 Å². The highest BCUT2D eigenvalue weighted by Crippen LogP contribution is 2.37. The smallest absolute Gasteiger partial charge is 0.279 e. The Morgan fingerprint density at radius 2 is 1.48 bits per heavy atom. The molecule has 2 aromatic heterocycles. The molecular formula is C19H12N2O4. The molecule has 3 aromatic carbocycles. The quantitative estimate of drug-likeness (QED) is 0.290. The monoisotopic (exact) mass is 332 g/mol. The lowest BCUT2D eigenvalue weighted by Crippen LogP contribution is -2.39. The Kier molecular flexibility index (Phi) is 2.50. The van der Waals surface area contributed by atoms with Crippen LogP contribution in [0.5, 0.6) is 5.75 Å². The van der Waals surface area contributed by atoms with E-state index in [0.717, 1.165) is 16.2 Å². The molecule has 0 saturated carbocycles. The van der Waals surface area contributed by atoms with Crippen LogP contribution < -0.4 is 21.7 Å². The minimum atomic E-state index is -0.516. The summed E-state index contributed by atoms with van der Waals surface area (Å²) in [7, 11) is 1.60. The third-order valence-corrected chi connectivity index (χ3v) is 4.72. The third kappa shape index (κ3) is 1.63. The first kappa shape index (κ1) is 13.9. The summed E-state index contributed by atoms with van der Waals surface area (Å²) < 4.78 is 12.0. The van der Waals surface area contributed by atoms with Crippen molar-refractivity contribution in [3.8, 4) is 5.75 Å². The summed E-state index contributed by atoms with van der Waals surface area (Å²) in [6.45, 7) is 0. The van der Waals surface area contributed by atoms with Crippen molar-refractivity contribution in [1.82, 2.24) is 4.68 Å². The maximum atomic E-state index is 12.4. The van der Waals surface area contributed by atoms with Gasteiger partial charge in [0.05, 0.1) is 17.9 Å². The van der Waals surface area contributed by atoms with Crippen molar-refractivity contribution < 1.29 is 9.15 Å². The summed E-state index contributed by atoms with van der Waals surface area (Å²) in [5.74, 6) is 6.34. The molecule has 0 amide bonds. The summed E-state index contributed by atoms with van der Waals surface area (Å²) >= 11 is 0. The lowest BCUT2D eigenvalue weighted by Gasteiger charge is -2.12. The Labute approximate surface area is 139 Å². The number of hydrogen-bond acceptors (Lipinski definition) is 5. The third-order valence-electron chi connectivity index (χ3n) is 4.72. The van der Waals surface area contributed by atoms with Gasteiger partial charge in [0.1, 0.15) is 16.9 Å². The molecule has 0 aliphatic carbocycles. The fraction of sp³-hybridized carbons (Fsp3) is 0.0526. The van der Waals surface area contributed by atoms with Crippen LogP contribution in [-0.4, -0.2) is 11.8 Å². The van der Waals surface area contributed by atoms with Gasteiger partial charge in [-0.05, 0) is 41.8 Å². The zero-order chi connectivity index (χ0) is 17.3. The van der Waals surface area contributed by atoms with Gasteiger partial charge in [0.25, 0.3) is 11.1 Å². The van der Waals surface area contributed by atoms with Crippen LogP contribution in [0.3, 0.4) is 0 Å². The second-order valence-electron chi connectivity index (χ2n) is 5.97. The summed E-state index contributed by atoms with van der Waals surface area (Å²) in [5.41, 5.74) is 0.278. The molecule has 6 heteroatoms. The van der Waals surface area contributed by atoms with Crippen molar-refractivity contribution in [3.63, 3.8) is 0 Å². The summed E-state index contributed by atoms with van der Waals surface area (Å²) in [6, 6.07) is 12.5. The summed E-state index contributed by atoms with van der Waals surface area (Å²) in [4.78, 5) is 24.8. The van der Waals surface area contributed by atoms with E-state index in [2.05, 4.69) is 0 Å². The molecule has 0 unspecified atom stereocenters. The fourth-order valence-corrected chi connectivity index (χ4v) is 3.54. The molecule has 0 bridgehead atoms. The highest BCUT2D eigenvalue weighted by Gasteiger charge is 2.18. The first-order chi connectivity index (χ1) is 12.1. The van der Waals surface area contributed by atoms with E-state index >= 15 is 0 Å². The number of aromatic nitrogens is 1. The van der Waals surface area contributed by atoms with Crippen molar-refractivity contribution in [3.05, 3.63) is 63.2 Å². The van der Waals surface area contributed by atoms with Gasteiger partial charge >= 0.3 is 0 Å². The first-order valence-corrected chi connectivity index (χ1v) is 7.69. The number of nitrogens with two attached hydrogens (primary N) is 1. The SMILES string of the molecule is COc1ccc2oc3ccc4c(=O)n(N)c(=O)c5ccc(c2c1)c3c45. The van der Waals surface area contributed by atoms with Crippen molar-refractivity contribution in [2.24, 2.45) is 0 Å². The van der Waals surface area contributed by atoms with E-state index in [9.17, 15) is 9.59 Å². The molecule has 2 N–H and O–H groups in total. The number of rotatable bonds is 1. The predicted molar refractivity (Wildman–Crippen MR) is 97.2 cm³/mol. The average Bonchev–Trinajstić information content (AvgIpc) is 2.65. The van der Waals surface area contributed by atoms with Crippen LogP contribution in [0.1, 0.15) is 0 Å². The minimum Gasteiger partial charge on any atom is -0.497 e. The van der Waals surface area contributed by atoms with E-state index in [1.54, 1.807) is 25.3 Å². The van der Waals surface area contributed by atoms with E-state index in [-0.39, 0.29) is 0 Å². The maximum absolute atomic E-state index is 12.4. The average molecular weight is 332 g/mol. The van der Waals surface area contributed by atoms with Gasteiger partial charge in [-0.15, -0.1) is 0 Å². The molecule has 0 aliphatic heterocycles. The van der Waals surface area contributed by atoms with Crippen LogP contribution in [0.15, 0.2) is 56.5 Å². The lowest BCUT2D eigenvalue weighted by atomic mass is 9.96. The Morgan fingerprint density at radius 3 is 2.20 bits per heavy atom. The van der Waals surface area contributed by atoms with Gasteiger partial charge in [0, 0.05) is 16.2 Å². The minimum absolute atomic E-state index is 0.396. The maximum Gasteiger partial charge on any atom is 0.279 e. The number of benzene rings is 3. The molecule has 5 aromatic rings. The standard InChI is InChI=1S/C19H12N2O4/c1-24-9-2-6-14-13(8-9)10-3-4-11-16-12(19(23)21(20)18(11)22)5-7-15(25-14)17(10)16/h2-8H,20H2,1H3. The molecule has 0 atom stereocenters. The van der Waals surface area contributed by atoms with Crippen molar-refractivity contribution in [2.45, 2.75) is 0 Å². The van der Waals surface area contributed by atoms with Gasteiger partial charge < -0.3 is 15.0 Å². The number of fused-ring (bicyclic) bond motifs is 2. The Hall–Kier alpha value is -3.54. The summed E-state index contributed by atoms with van der Waals surface area (Å²) in [5, 5.41) is 3.86. The normalized spacial score (nSPS) is 11.9. The van der Waals surface area contributed by atoms with Gasteiger partial charge in [0.15, 0.2) is 0 Å². The molecular weight excluding hydrogens is 320 g/mol. The molecule has 2 heterocycles. The number of nitrogen functional groups attached to an aromatic ring is 1. The second kappa shape index (κ2) is 4.51. The van der Waals surface area contributed by atoms with Gasteiger partial charge in [-0.1, -0.05) is 6.07 Å². The predicted octanol–water partition coefficient (Wildman–Crippen LogP) is 2.57. The van der Waals surface area contributed by atoms with E-state index < -0.39 is 11.1 Å². The van der Waals surface area contributed by atoms with Crippen LogP contribution in [-0.2, 0) is 0 Å². The molecule has 25 heavy (non-hydrogen) atoms. The van der Waals surface area contributed by atoms with Crippen LogP contribution in [0, 0.1) is 0 Å². The van der Waals surface area contributed by atoms with Crippen LogP contribution >= 0.6 is 0 Å². The molecule has 0 spiro atoms.